The highest BCUT2D eigenvalue weighted by Gasteiger charge is 2.43. The highest BCUT2D eigenvalue weighted by atomic mass is 16.5. The van der Waals surface area contributed by atoms with Gasteiger partial charge in [0.15, 0.2) is 0 Å². The van der Waals surface area contributed by atoms with Crippen LogP contribution in [0.2, 0.25) is 0 Å². The van der Waals surface area contributed by atoms with E-state index in [9.17, 15) is 0 Å². The lowest BCUT2D eigenvalue weighted by atomic mass is 9.87. The third-order valence-electron chi connectivity index (χ3n) is 6.27. The van der Waals surface area contributed by atoms with Gasteiger partial charge in [0, 0.05) is 0 Å². The molecular formula is C21H32N6O. The van der Waals surface area contributed by atoms with Crippen LogP contribution in [0.5, 0.6) is 5.75 Å². The van der Waals surface area contributed by atoms with E-state index in [1.807, 2.05) is 18.2 Å². The molecule has 3 aliphatic rings. The van der Waals surface area contributed by atoms with Crippen LogP contribution in [-0.4, -0.2) is 49.2 Å². The number of nitrogens with zero attached hydrogens (tertiary/aromatic N) is 4. The molecule has 1 aliphatic carbocycles. The van der Waals surface area contributed by atoms with E-state index in [2.05, 4.69) is 27.9 Å². The van der Waals surface area contributed by atoms with E-state index in [4.69, 9.17) is 21.2 Å². The molecule has 0 atom stereocenters. The number of para-hydroxylation sites is 2. The van der Waals surface area contributed by atoms with Crippen molar-refractivity contribution >= 4 is 17.6 Å². The molecule has 1 saturated carbocycles. The number of ether oxygens (including phenoxy) is 1. The van der Waals surface area contributed by atoms with E-state index in [0.717, 1.165) is 56.8 Å². The second-order valence-corrected chi connectivity index (χ2v) is 8.34. The predicted octanol–water partition coefficient (Wildman–Crippen LogP) is 2.52. The molecular weight excluding hydrogens is 352 g/mol. The smallest absolute Gasteiger partial charge is 0.220 e. The van der Waals surface area contributed by atoms with Crippen LogP contribution < -0.4 is 21.1 Å². The van der Waals surface area contributed by atoms with E-state index >= 15 is 0 Å². The Morgan fingerprint density at radius 2 is 1.82 bits per heavy atom. The number of hydrogen-bond acceptors (Lipinski definition) is 7. The summed E-state index contributed by atoms with van der Waals surface area (Å²) in [5.74, 6) is 2.12. The third-order valence-corrected chi connectivity index (χ3v) is 6.27. The number of anilines is 1. The molecule has 28 heavy (non-hydrogen) atoms. The van der Waals surface area contributed by atoms with Crippen molar-refractivity contribution in [2.24, 2.45) is 27.4 Å². The lowest BCUT2D eigenvalue weighted by Gasteiger charge is -2.46. The monoisotopic (exact) mass is 384 g/mol. The van der Waals surface area contributed by atoms with Gasteiger partial charge < -0.3 is 21.1 Å². The van der Waals surface area contributed by atoms with Gasteiger partial charge in [-0.3, -0.25) is 4.90 Å². The number of benzene rings is 1. The molecule has 0 amide bonds. The van der Waals surface area contributed by atoms with Crippen molar-refractivity contribution in [1.29, 1.82) is 0 Å². The first-order valence-electron chi connectivity index (χ1n) is 10.5. The average molecular weight is 385 g/mol. The second kappa shape index (κ2) is 7.99. The molecule has 7 nitrogen and oxygen atoms in total. The van der Waals surface area contributed by atoms with Crippen LogP contribution in [0, 0.1) is 5.92 Å². The Kier molecular flexibility index (Phi) is 5.44. The Morgan fingerprint density at radius 1 is 1.11 bits per heavy atom. The van der Waals surface area contributed by atoms with Gasteiger partial charge >= 0.3 is 0 Å². The maximum Gasteiger partial charge on any atom is 0.220 e. The van der Waals surface area contributed by atoms with Crippen molar-refractivity contribution in [2.75, 3.05) is 31.6 Å². The summed E-state index contributed by atoms with van der Waals surface area (Å²) < 4.78 is 6.32. The first-order chi connectivity index (χ1) is 13.6. The minimum Gasteiger partial charge on any atom is -0.491 e. The standard InChI is InChI=1S/C21H32N6O/c1-26-13-9-16(10-14-26)15-28-18-8-4-3-7-17(18)27-20(23)24-19(22)25-21(27)11-5-2-6-12-21/h3-4,7-8,16H,2,5-6,9-15H2,1H3,(H4,22,23,24,25). The molecule has 4 N–H and O–H groups in total. The van der Waals surface area contributed by atoms with E-state index < -0.39 is 5.66 Å². The van der Waals surface area contributed by atoms with Crippen LogP contribution >= 0.6 is 0 Å². The Bertz CT molecular complexity index is 747. The highest BCUT2D eigenvalue weighted by molar-refractivity contribution is 6.06. The summed E-state index contributed by atoms with van der Waals surface area (Å²) in [5, 5.41) is 0. The van der Waals surface area contributed by atoms with E-state index in [1.165, 1.54) is 19.3 Å². The molecule has 2 heterocycles. The van der Waals surface area contributed by atoms with Gasteiger partial charge in [-0.25, -0.2) is 4.99 Å². The fraction of sp³-hybridized carbons (Fsp3) is 0.619. The molecule has 1 aromatic carbocycles. The van der Waals surface area contributed by atoms with Gasteiger partial charge in [0.1, 0.15) is 11.4 Å². The first kappa shape index (κ1) is 19.1. The van der Waals surface area contributed by atoms with Crippen molar-refractivity contribution in [2.45, 2.75) is 50.6 Å². The second-order valence-electron chi connectivity index (χ2n) is 8.34. The number of likely N-dealkylation sites (tertiary alicyclic amines) is 1. The molecule has 4 rings (SSSR count). The third kappa shape index (κ3) is 3.81. The Labute approximate surface area is 167 Å². The number of nitrogens with two attached hydrogens (primary N) is 2. The first-order valence-corrected chi connectivity index (χ1v) is 10.5. The summed E-state index contributed by atoms with van der Waals surface area (Å²) in [6, 6.07) is 8.11. The van der Waals surface area contributed by atoms with Gasteiger partial charge in [0.25, 0.3) is 0 Å². The summed E-state index contributed by atoms with van der Waals surface area (Å²) in [7, 11) is 2.18. The van der Waals surface area contributed by atoms with Gasteiger partial charge in [-0.15, -0.1) is 0 Å². The summed E-state index contributed by atoms with van der Waals surface area (Å²) >= 11 is 0. The average Bonchev–Trinajstić information content (AvgIpc) is 2.68. The predicted molar refractivity (Wildman–Crippen MR) is 114 cm³/mol. The zero-order valence-corrected chi connectivity index (χ0v) is 16.8. The molecule has 2 aliphatic heterocycles. The van der Waals surface area contributed by atoms with Crippen molar-refractivity contribution in [3.8, 4) is 5.75 Å². The van der Waals surface area contributed by atoms with Crippen LogP contribution in [0.3, 0.4) is 0 Å². The molecule has 1 aromatic rings. The van der Waals surface area contributed by atoms with Crippen molar-refractivity contribution in [1.82, 2.24) is 4.90 Å². The van der Waals surface area contributed by atoms with Gasteiger partial charge in [-0.2, -0.15) is 4.99 Å². The van der Waals surface area contributed by atoms with Crippen molar-refractivity contribution in [3.63, 3.8) is 0 Å². The summed E-state index contributed by atoms with van der Waals surface area (Å²) in [6.45, 7) is 3.01. The number of hydrogen-bond donors (Lipinski definition) is 2. The quantitative estimate of drug-likeness (QED) is 0.832. The van der Waals surface area contributed by atoms with E-state index in [1.54, 1.807) is 0 Å². The summed E-state index contributed by atoms with van der Waals surface area (Å²) in [4.78, 5) is 13.5. The lowest BCUT2D eigenvalue weighted by molar-refractivity contribution is 0.160. The molecule has 1 saturated heterocycles. The highest BCUT2D eigenvalue weighted by Crippen LogP contribution is 2.42. The molecule has 0 bridgehead atoms. The zero-order valence-electron chi connectivity index (χ0n) is 16.8. The molecule has 0 radical (unpaired) electrons. The summed E-state index contributed by atoms with van der Waals surface area (Å²) in [5.41, 5.74) is 12.9. The van der Waals surface area contributed by atoms with Crippen LogP contribution in [0.1, 0.15) is 44.9 Å². The fourth-order valence-corrected chi connectivity index (χ4v) is 4.67. The van der Waals surface area contributed by atoms with Crippen LogP contribution in [0.4, 0.5) is 5.69 Å². The lowest BCUT2D eigenvalue weighted by Crippen LogP contribution is -2.58. The SMILES string of the molecule is CN1CCC(COc2ccccc2N2C(N)=NC(N)=NC23CCCCC3)CC1. The summed E-state index contributed by atoms with van der Waals surface area (Å²) in [6.07, 6.45) is 7.64. The molecule has 7 heteroatoms. The molecule has 0 aromatic heterocycles. The number of rotatable bonds is 4. The van der Waals surface area contributed by atoms with Crippen LogP contribution in [-0.2, 0) is 0 Å². The number of aliphatic imine (C=N–C) groups is 2. The molecule has 0 unspecified atom stereocenters. The van der Waals surface area contributed by atoms with Crippen molar-refractivity contribution in [3.05, 3.63) is 24.3 Å². The Morgan fingerprint density at radius 3 is 2.57 bits per heavy atom. The van der Waals surface area contributed by atoms with Gasteiger partial charge in [0.2, 0.25) is 11.9 Å². The largest absolute Gasteiger partial charge is 0.491 e. The minimum atomic E-state index is -0.443. The van der Waals surface area contributed by atoms with Gasteiger partial charge in [-0.05, 0) is 76.7 Å². The maximum atomic E-state index is 6.38. The fourth-order valence-electron chi connectivity index (χ4n) is 4.67. The minimum absolute atomic E-state index is 0.278. The molecule has 152 valence electrons. The zero-order chi connectivity index (χ0) is 19.6. The maximum absolute atomic E-state index is 6.38. The van der Waals surface area contributed by atoms with Gasteiger partial charge in [0.05, 0.1) is 12.3 Å². The van der Waals surface area contributed by atoms with Crippen molar-refractivity contribution < 1.29 is 4.74 Å². The van der Waals surface area contributed by atoms with Crippen LogP contribution in [0.15, 0.2) is 34.3 Å². The Hall–Kier alpha value is -2.28. The topological polar surface area (TPSA) is 92.5 Å². The van der Waals surface area contributed by atoms with Gasteiger partial charge in [-0.1, -0.05) is 18.6 Å². The Balaban J connectivity index is 1.58. The number of piperidine rings is 1. The normalized spacial score (nSPS) is 23.4. The van der Waals surface area contributed by atoms with E-state index in [-0.39, 0.29) is 5.96 Å². The molecule has 2 fully saturated rings. The van der Waals surface area contributed by atoms with E-state index in [0.29, 0.717) is 11.9 Å². The number of guanidine groups is 2. The van der Waals surface area contributed by atoms with Crippen LogP contribution in [0.25, 0.3) is 0 Å². The molecule has 1 spiro atoms.